The fourth-order valence-corrected chi connectivity index (χ4v) is 4.29. The van der Waals surface area contributed by atoms with Crippen LogP contribution < -0.4 is 11.2 Å². The maximum atomic E-state index is 14.4. The van der Waals surface area contributed by atoms with Crippen molar-refractivity contribution in [2.45, 2.75) is 38.2 Å². The van der Waals surface area contributed by atoms with Crippen molar-refractivity contribution >= 4 is 7.60 Å². The van der Waals surface area contributed by atoms with Gasteiger partial charge in [-0.2, -0.15) is 8.78 Å². The van der Waals surface area contributed by atoms with E-state index in [1.54, 1.807) is 13.8 Å². The highest BCUT2D eigenvalue weighted by Crippen LogP contribution is 2.53. The van der Waals surface area contributed by atoms with Crippen molar-refractivity contribution in [2.75, 3.05) is 19.4 Å². The van der Waals surface area contributed by atoms with Crippen LogP contribution >= 0.6 is 7.60 Å². The fraction of sp³-hybridized carbons (Fsp3) is 0.692. The number of ether oxygens (including phenoxy) is 1. The van der Waals surface area contributed by atoms with Crippen molar-refractivity contribution in [1.82, 2.24) is 9.55 Å². The highest BCUT2D eigenvalue weighted by Gasteiger charge is 2.60. The van der Waals surface area contributed by atoms with E-state index in [4.69, 9.17) is 13.8 Å². The number of aliphatic hydroxyl groups excluding tert-OH is 1. The molecule has 0 aromatic carbocycles. The number of hydrogen-bond acceptors (Lipinski definition) is 7. The van der Waals surface area contributed by atoms with Gasteiger partial charge in [-0.1, -0.05) is 0 Å². The molecule has 0 bridgehead atoms. The lowest BCUT2D eigenvalue weighted by Crippen LogP contribution is -2.42. The van der Waals surface area contributed by atoms with Gasteiger partial charge in [0, 0.05) is 12.3 Å². The summed E-state index contributed by atoms with van der Waals surface area (Å²) in [5.41, 5.74) is -1.89. The number of aromatic amines is 1. The molecule has 2 N–H and O–H groups in total. The molecule has 142 valence electrons. The van der Waals surface area contributed by atoms with Crippen LogP contribution in [-0.2, 0) is 18.3 Å². The molecular weight excluding hydrogens is 365 g/mol. The predicted molar refractivity (Wildman–Crippen MR) is 81.9 cm³/mol. The molecule has 9 nitrogen and oxygen atoms in total. The second kappa shape index (κ2) is 7.46. The lowest BCUT2D eigenvalue weighted by atomic mass is 10.1. The minimum absolute atomic E-state index is 0.0132. The molecule has 0 radical (unpaired) electrons. The van der Waals surface area contributed by atoms with E-state index in [-0.39, 0.29) is 13.2 Å². The molecule has 1 fully saturated rings. The first-order valence-electron chi connectivity index (χ1n) is 7.55. The summed E-state index contributed by atoms with van der Waals surface area (Å²) >= 11 is 0. The minimum Gasteiger partial charge on any atom is -0.384 e. The molecule has 12 heteroatoms. The molecule has 1 saturated heterocycles. The molecule has 1 aromatic heterocycles. The highest BCUT2D eigenvalue weighted by molar-refractivity contribution is 7.53. The second-order valence-electron chi connectivity index (χ2n) is 5.29. The average Bonchev–Trinajstić information content (AvgIpc) is 2.71. The van der Waals surface area contributed by atoms with Crippen LogP contribution in [0.2, 0.25) is 0 Å². The first kappa shape index (κ1) is 19.9. The van der Waals surface area contributed by atoms with E-state index < -0.39 is 49.4 Å². The Bertz CT molecular complexity index is 755. The van der Waals surface area contributed by atoms with Gasteiger partial charge in [0.05, 0.1) is 19.4 Å². The number of halogens is 2. The monoisotopic (exact) mass is 384 g/mol. The van der Waals surface area contributed by atoms with Crippen LogP contribution in [0.3, 0.4) is 0 Å². The molecule has 2 rings (SSSR count). The Balaban J connectivity index is 2.31. The Kier molecular flexibility index (Phi) is 5.95. The molecule has 0 spiro atoms. The number of alkyl halides is 2. The highest BCUT2D eigenvalue weighted by atomic mass is 31.2. The van der Waals surface area contributed by atoms with Crippen LogP contribution in [0.4, 0.5) is 8.78 Å². The van der Waals surface area contributed by atoms with Gasteiger partial charge in [-0.3, -0.25) is 18.9 Å². The van der Waals surface area contributed by atoms with Gasteiger partial charge in [0.25, 0.3) is 5.56 Å². The molecule has 0 aliphatic carbocycles. The molecule has 3 atom stereocenters. The number of rotatable bonds is 7. The number of hydrogen-bond donors (Lipinski definition) is 2. The van der Waals surface area contributed by atoms with E-state index in [9.17, 15) is 28.0 Å². The van der Waals surface area contributed by atoms with Gasteiger partial charge in [0.2, 0.25) is 6.23 Å². The molecule has 0 saturated carbocycles. The topological polar surface area (TPSA) is 120 Å². The summed E-state index contributed by atoms with van der Waals surface area (Å²) < 4.78 is 56.8. The molecule has 2 heterocycles. The zero-order valence-corrected chi connectivity index (χ0v) is 14.4. The maximum Gasteiger partial charge on any atom is 0.333 e. The quantitative estimate of drug-likeness (QED) is 0.664. The maximum absolute atomic E-state index is 14.4. The van der Waals surface area contributed by atoms with E-state index in [2.05, 4.69) is 0 Å². The Morgan fingerprint density at radius 3 is 2.48 bits per heavy atom. The van der Waals surface area contributed by atoms with Crippen LogP contribution in [-0.4, -0.2) is 52.2 Å². The molecule has 25 heavy (non-hydrogen) atoms. The van der Waals surface area contributed by atoms with Crippen LogP contribution in [0.25, 0.3) is 0 Å². The summed E-state index contributed by atoms with van der Waals surface area (Å²) in [5, 5.41) is 9.90. The third kappa shape index (κ3) is 4.06. The van der Waals surface area contributed by atoms with Gasteiger partial charge < -0.3 is 18.9 Å². The van der Waals surface area contributed by atoms with Crippen LogP contribution in [0.5, 0.6) is 0 Å². The molecule has 1 aliphatic heterocycles. The number of H-pyrrole nitrogens is 1. The van der Waals surface area contributed by atoms with Gasteiger partial charge in [-0.25, -0.2) is 4.79 Å². The largest absolute Gasteiger partial charge is 0.384 e. The zero-order chi connectivity index (χ0) is 18.8. The third-order valence-electron chi connectivity index (χ3n) is 3.54. The van der Waals surface area contributed by atoms with Gasteiger partial charge in [0.15, 0.2) is 0 Å². The van der Waals surface area contributed by atoms with Crippen molar-refractivity contribution < 1.29 is 32.2 Å². The standard InChI is InChI=1S/C13H19F2N2O7P/c1-3-22-25(21,23-4-2)7-8-10(19)13(14,15)11(24-8)17-6-5-9(18)16-12(17)20/h5-6,8,10-11,19H,3-4,7H2,1-2H3,(H,16,18,20)/t8-,10-,11-/m1/s1. The molecule has 0 unspecified atom stereocenters. The van der Waals surface area contributed by atoms with Crippen molar-refractivity contribution in [3.8, 4) is 0 Å². The average molecular weight is 384 g/mol. The van der Waals surface area contributed by atoms with Gasteiger partial charge in [0.1, 0.15) is 12.2 Å². The summed E-state index contributed by atoms with van der Waals surface area (Å²) in [6, 6.07) is 0.867. The van der Waals surface area contributed by atoms with Gasteiger partial charge >= 0.3 is 19.2 Å². The molecule has 0 amide bonds. The van der Waals surface area contributed by atoms with Crippen LogP contribution in [0, 0.1) is 0 Å². The molecule has 1 aromatic rings. The van der Waals surface area contributed by atoms with Crippen molar-refractivity contribution in [1.29, 1.82) is 0 Å². The smallest absolute Gasteiger partial charge is 0.333 e. The zero-order valence-electron chi connectivity index (χ0n) is 13.6. The predicted octanol–water partition coefficient (Wildman–Crippen LogP) is 0.696. The van der Waals surface area contributed by atoms with E-state index in [1.807, 2.05) is 4.98 Å². The Morgan fingerprint density at radius 2 is 1.96 bits per heavy atom. The van der Waals surface area contributed by atoms with E-state index in [1.165, 1.54) is 0 Å². The summed E-state index contributed by atoms with van der Waals surface area (Å²) in [6.07, 6.45) is -5.89. The van der Waals surface area contributed by atoms with Crippen LogP contribution in [0.15, 0.2) is 21.9 Å². The summed E-state index contributed by atoms with van der Waals surface area (Å²) in [6.45, 7) is 3.13. The van der Waals surface area contributed by atoms with Crippen molar-refractivity contribution in [3.63, 3.8) is 0 Å². The van der Waals surface area contributed by atoms with Crippen molar-refractivity contribution in [2.24, 2.45) is 0 Å². The number of aromatic nitrogens is 2. The third-order valence-corrected chi connectivity index (χ3v) is 5.65. The Hall–Kier alpha value is -1.39. The SMILES string of the molecule is CCOP(=O)(C[C@H]1O[C@@H](n2ccc(=O)[nH]c2=O)C(F)(F)[C@@H]1O)OCC. The first-order chi connectivity index (χ1) is 11.6. The lowest BCUT2D eigenvalue weighted by Gasteiger charge is -2.22. The fourth-order valence-electron chi connectivity index (χ4n) is 2.49. The molecule has 1 aliphatic rings. The first-order valence-corrected chi connectivity index (χ1v) is 9.28. The number of nitrogens with one attached hydrogen (secondary N) is 1. The minimum atomic E-state index is -3.87. The summed E-state index contributed by atoms with van der Waals surface area (Å²) in [5.74, 6) is -3.87. The Morgan fingerprint density at radius 1 is 1.36 bits per heavy atom. The normalized spacial score (nSPS) is 26.0. The van der Waals surface area contributed by atoms with E-state index in [0.717, 1.165) is 12.3 Å². The van der Waals surface area contributed by atoms with Gasteiger partial charge in [-0.15, -0.1) is 0 Å². The lowest BCUT2D eigenvalue weighted by molar-refractivity contribution is -0.140. The Labute approximate surface area is 141 Å². The summed E-state index contributed by atoms with van der Waals surface area (Å²) in [4.78, 5) is 24.6. The van der Waals surface area contributed by atoms with E-state index in [0.29, 0.717) is 4.57 Å². The summed E-state index contributed by atoms with van der Waals surface area (Å²) in [7, 11) is -3.76. The molecular formula is C13H19F2N2O7P. The van der Waals surface area contributed by atoms with E-state index >= 15 is 0 Å². The van der Waals surface area contributed by atoms with Crippen molar-refractivity contribution in [3.05, 3.63) is 33.1 Å². The van der Waals surface area contributed by atoms with Crippen LogP contribution in [0.1, 0.15) is 20.1 Å². The second-order valence-corrected chi connectivity index (χ2v) is 7.40. The van der Waals surface area contributed by atoms with Gasteiger partial charge in [-0.05, 0) is 13.8 Å². The number of aliphatic hydroxyl groups is 1. The number of nitrogens with zero attached hydrogens (tertiary/aromatic N) is 1.